The molecule has 0 N–H and O–H groups in total. The molecule has 0 aliphatic rings. The first-order chi connectivity index (χ1) is 8.77. The Morgan fingerprint density at radius 3 is 2.16 bits per heavy atom. The fraction of sp³-hybridized carbons (Fsp3) is 0.417. The predicted octanol–water partition coefficient (Wildman–Crippen LogP) is 1.97. The quantitative estimate of drug-likeness (QED) is 0.357. The Labute approximate surface area is 112 Å². The summed E-state index contributed by atoms with van der Waals surface area (Å²) in [6, 6.07) is 1.23. The van der Waals surface area contributed by atoms with Gasteiger partial charge in [-0.25, -0.2) is 0 Å². The van der Waals surface area contributed by atoms with Gasteiger partial charge in [-0.15, -0.1) is 0 Å². The maximum atomic E-state index is 11.3. The smallest absolute Gasteiger partial charge is 0.283 e. The van der Waals surface area contributed by atoms with Crippen LogP contribution in [0.25, 0.3) is 0 Å². The van der Waals surface area contributed by atoms with Gasteiger partial charge in [-0.1, -0.05) is 19.6 Å². The Bertz CT molecular complexity index is 522. The van der Waals surface area contributed by atoms with Gasteiger partial charge in [-0.3, -0.25) is 14.9 Å². The van der Waals surface area contributed by atoms with E-state index in [0.717, 1.165) is 0 Å². The summed E-state index contributed by atoms with van der Waals surface area (Å²) in [6.45, 7) is 5.96. The van der Waals surface area contributed by atoms with E-state index in [9.17, 15) is 14.9 Å². The fourth-order valence-corrected chi connectivity index (χ4v) is 3.91. The molecule has 0 bridgehead atoms. The zero-order chi connectivity index (χ0) is 14.8. The number of carbonyl (C=O) groups is 1. The molecule has 0 radical (unpaired) electrons. The van der Waals surface area contributed by atoms with Gasteiger partial charge in [-0.05, 0) is 0 Å². The molecule has 0 unspecified atom stereocenters. The molecule has 1 aromatic rings. The molecule has 0 aliphatic carbocycles. The minimum atomic E-state index is -2.03. The van der Waals surface area contributed by atoms with Crippen LogP contribution in [0.3, 0.4) is 0 Å². The summed E-state index contributed by atoms with van der Waals surface area (Å²) in [4.78, 5) is 21.8. The highest BCUT2D eigenvalue weighted by molar-refractivity contribution is 6.90. The number of hydrogen-bond acceptors (Lipinski definition) is 5. The highest BCUT2D eigenvalue weighted by Gasteiger charge is 2.33. The highest BCUT2D eigenvalue weighted by atomic mass is 28.3. The first-order valence-corrected chi connectivity index (χ1v) is 9.17. The second kappa shape index (κ2) is 5.39. The minimum absolute atomic E-state index is 0.0850. The second-order valence-electron chi connectivity index (χ2n) is 5.04. The first kappa shape index (κ1) is 15.2. The van der Waals surface area contributed by atoms with Gasteiger partial charge in [-0.2, -0.15) is 0 Å². The van der Waals surface area contributed by atoms with Crippen LogP contribution in [-0.4, -0.2) is 33.5 Å². The first-order valence-electron chi connectivity index (χ1n) is 5.67. The molecule has 6 nitrogen and oxygen atoms in total. The zero-order valence-electron chi connectivity index (χ0n) is 11.6. The lowest BCUT2D eigenvalue weighted by molar-refractivity contribution is -0.385. The molecular weight excluding hydrogens is 266 g/mol. The molecule has 1 aromatic carbocycles. The van der Waals surface area contributed by atoms with Gasteiger partial charge in [0.2, 0.25) is 0 Å². The summed E-state index contributed by atoms with van der Waals surface area (Å²) in [7, 11) is 0.843. The number of benzene rings is 1. The van der Waals surface area contributed by atoms with Gasteiger partial charge in [0.05, 0.1) is 38.8 Å². The Morgan fingerprint density at radius 1 is 1.26 bits per heavy atom. The van der Waals surface area contributed by atoms with E-state index in [1.807, 2.05) is 19.6 Å². The molecule has 7 heteroatoms. The number of nitro groups is 1. The fourth-order valence-electron chi connectivity index (χ4n) is 2.01. The van der Waals surface area contributed by atoms with E-state index in [4.69, 9.17) is 9.47 Å². The van der Waals surface area contributed by atoms with E-state index in [2.05, 4.69) is 0 Å². The third kappa shape index (κ3) is 2.76. The molecular formula is C12H17NO5Si. The predicted molar refractivity (Wildman–Crippen MR) is 74.6 cm³/mol. The molecule has 0 spiro atoms. The van der Waals surface area contributed by atoms with Gasteiger partial charge in [0, 0.05) is 5.19 Å². The highest BCUT2D eigenvalue weighted by Crippen LogP contribution is 2.34. The van der Waals surface area contributed by atoms with Gasteiger partial charge in [0.15, 0.2) is 17.8 Å². The lowest BCUT2D eigenvalue weighted by Crippen LogP contribution is -2.41. The molecule has 1 rings (SSSR count). The Kier molecular flexibility index (Phi) is 4.30. The van der Waals surface area contributed by atoms with E-state index in [0.29, 0.717) is 17.2 Å². The van der Waals surface area contributed by atoms with Crippen molar-refractivity contribution in [3.8, 4) is 11.5 Å². The molecule has 0 saturated carbocycles. The van der Waals surface area contributed by atoms with Gasteiger partial charge in [0.1, 0.15) is 0 Å². The molecule has 0 amide bonds. The van der Waals surface area contributed by atoms with E-state index >= 15 is 0 Å². The molecule has 0 atom stereocenters. The topological polar surface area (TPSA) is 78.7 Å². The maximum Gasteiger partial charge on any atom is 0.283 e. The number of methoxy groups -OCH3 is 2. The van der Waals surface area contributed by atoms with Crippen LogP contribution in [0.5, 0.6) is 11.5 Å². The summed E-state index contributed by atoms with van der Waals surface area (Å²) in [6.07, 6.45) is 0.522. The van der Waals surface area contributed by atoms with Gasteiger partial charge >= 0.3 is 0 Å². The van der Waals surface area contributed by atoms with Crippen LogP contribution >= 0.6 is 0 Å². The van der Waals surface area contributed by atoms with Crippen molar-refractivity contribution in [3.05, 3.63) is 21.7 Å². The SMILES string of the molecule is COc1cc([N+](=O)[O-])c(C=O)c([Si](C)(C)C)c1OC. The summed E-state index contributed by atoms with van der Waals surface area (Å²) >= 11 is 0. The number of ether oxygens (including phenoxy) is 2. The number of nitrogens with zero attached hydrogens (tertiary/aromatic N) is 1. The largest absolute Gasteiger partial charge is 0.493 e. The zero-order valence-corrected chi connectivity index (χ0v) is 12.6. The molecule has 0 saturated heterocycles. The summed E-state index contributed by atoms with van der Waals surface area (Å²) < 4.78 is 10.4. The van der Waals surface area contributed by atoms with Crippen LogP contribution in [0.2, 0.25) is 19.6 Å². The molecule has 0 heterocycles. The van der Waals surface area contributed by atoms with Crippen LogP contribution in [0, 0.1) is 10.1 Å². The van der Waals surface area contributed by atoms with Crippen LogP contribution in [0.15, 0.2) is 6.07 Å². The normalized spacial score (nSPS) is 11.0. The van der Waals surface area contributed by atoms with Crippen LogP contribution in [0.1, 0.15) is 10.4 Å². The number of nitro benzene ring substituents is 1. The molecule has 19 heavy (non-hydrogen) atoms. The monoisotopic (exact) mass is 283 g/mol. The van der Waals surface area contributed by atoms with Crippen molar-refractivity contribution >= 4 is 25.2 Å². The number of rotatable bonds is 5. The van der Waals surface area contributed by atoms with Crippen molar-refractivity contribution in [3.63, 3.8) is 0 Å². The summed E-state index contributed by atoms with van der Waals surface area (Å²) in [5.74, 6) is 0.687. The molecule has 0 aliphatic heterocycles. The number of aldehydes is 1. The lowest BCUT2D eigenvalue weighted by atomic mass is 10.1. The van der Waals surface area contributed by atoms with Crippen molar-refractivity contribution < 1.29 is 19.2 Å². The number of hydrogen-bond donors (Lipinski definition) is 0. The van der Waals surface area contributed by atoms with E-state index in [1.54, 1.807) is 0 Å². The minimum Gasteiger partial charge on any atom is -0.493 e. The lowest BCUT2D eigenvalue weighted by Gasteiger charge is -2.23. The summed E-state index contributed by atoms with van der Waals surface area (Å²) in [5, 5.41) is 11.7. The Hall–Kier alpha value is -1.89. The van der Waals surface area contributed by atoms with E-state index in [-0.39, 0.29) is 17.0 Å². The van der Waals surface area contributed by atoms with Gasteiger partial charge in [0.25, 0.3) is 5.69 Å². The third-order valence-corrected chi connectivity index (χ3v) is 4.75. The number of carbonyl (C=O) groups excluding carboxylic acids is 1. The van der Waals surface area contributed by atoms with Crippen LogP contribution < -0.4 is 14.7 Å². The maximum absolute atomic E-state index is 11.3. The standard InChI is InChI=1S/C12H17NO5Si/c1-17-10-6-9(13(15)16)8(7-14)12(11(10)18-2)19(3,4)5/h6-7H,1-5H3. The molecule has 104 valence electrons. The van der Waals surface area contributed by atoms with Crippen LogP contribution in [-0.2, 0) is 0 Å². The Balaban J connectivity index is 3.86. The van der Waals surface area contributed by atoms with Gasteiger partial charge < -0.3 is 9.47 Å². The Morgan fingerprint density at radius 2 is 1.84 bits per heavy atom. The van der Waals surface area contributed by atoms with Crippen molar-refractivity contribution in [2.75, 3.05) is 14.2 Å². The van der Waals surface area contributed by atoms with Crippen molar-refractivity contribution in [1.82, 2.24) is 0 Å². The average molecular weight is 283 g/mol. The van der Waals surface area contributed by atoms with Crippen molar-refractivity contribution in [1.29, 1.82) is 0 Å². The van der Waals surface area contributed by atoms with Crippen LogP contribution in [0.4, 0.5) is 5.69 Å². The van der Waals surface area contributed by atoms with Crippen molar-refractivity contribution in [2.45, 2.75) is 19.6 Å². The third-order valence-electron chi connectivity index (χ3n) is 2.75. The van der Waals surface area contributed by atoms with Crippen molar-refractivity contribution in [2.24, 2.45) is 0 Å². The summed E-state index contributed by atoms with van der Waals surface area (Å²) in [5.41, 5.74) is -0.160. The van der Waals surface area contributed by atoms with E-state index < -0.39 is 13.0 Å². The second-order valence-corrected chi connectivity index (χ2v) is 10.0. The van der Waals surface area contributed by atoms with E-state index in [1.165, 1.54) is 20.3 Å². The molecule has 0 aromatic heterocycles. The molecule has 0 fully saturated rings. The average Bonchev–Trinajstić information content (AvgIpc) is 2.34.